The second-order valence-electron chi connectivity index (χ2n) is 7.02. The monoisotopic (exact) mass is 425 g/mol. The molecule has 9 heteroatoms. The normalized spacial score (nSPS) is 18.2. The lowest BCUT2D eigenvalue weighted by atomic mass is 9.99. The lowest BCUT2D eigenvalue weighted by Crippen LogP contribution is -2.45. The van der Waals surface area contributed by atoms with Gasteiger partial charge in [0.15, 0.2) is 5.76 Å². The van der Waals surface area contributed by atoms with Gasteiger partial charge in [-0.25, -0.2) is 8.42 Å². The van der Waals surface area contributed by atoms with Crippen LogP contribution in [0.3, 0.4) is 0 Å². The Bertz CT molecular complexity index is 921. The fourth-order valence-corrected chi connectivity index (χ4v) is 5.41. The molecule has 1 amide bonds. The van der Waals surface area contributed by atoms with Crippen molar-refractivity contribution in [2.45, 2.75) is 38.0 Å². The summed E-state index contributed by atoms with van der Waals surface area (Å²) < 4.78 is 32.3. The van der Waals surface area contributed by atoms with Crippen molar-refractivity contribution < 1.29 is 17.7 Å². The molecule has 2 aromatic rings. The molecule has 28 heavy (non-hydrogen) atoms. The highest BCUT2D eigenvalue weighted by molar-refractivity contribution is 7.89. The van der Waals surface area contributed by atoms with Crippen molar-refractivity contribution in [3.05, 3.63) is 46.3 Å². The van der Waals surface area contributed by atoms with Crippen LogP contribution in [0.4, 0.5) is 0 Å². The Morgan fingerprint density at radius 3 is 2.68 bits per heavy atom. The van der Waals surface area contributed by atoms with Crippen molar-refractivity contribution in [2.75, 3.05) is 19.6 Å². The minimum Gasteiger partial charge on any atom is -0.360 e. The van der Waals surface area contributed by atoms with E-state index in [1.165, 1.54) is 4.31 Å². The van der Waals surface area contributed by atoms with Gasteiger partial charge in [-0.2, -0.15) is 4.31 Å². The molecule has 1 aromatic heterocycles. The summed E-state index contributed by atoms with van der Waals surface area (Å²) >= 11 is 5.87. The number of aromatic nitrogens is 1. The maximum Gasteiger partial charge on any atom is 0.248 e. The van der Waals surface area contributed by atoms with E-state index in [4.69, 9.17) is 16.1 Å². The van der Waals surface area contributed by atoms with Crippen molar-refractivity contribution in [3.8, 4) is 0 Å². The summed E-state index contributed by atoms with van der Waals surface area (Å²) in [6.45, 7) is 4.24. The van der Waals surface area contributed by atoms with Gasteiger partial charge in [-0.05, 0) is 50.8 Å². The largest absolute Gasteiger partial charge is 0.360 e. The molecule has 0 saturated carbocycles. The number of piperidine rings is 1. The summed E-state index contributed by atoms with van der Waals surface area (Å²) in [5, 5.41) is 7.33. The molecule has 152 valence electrons. The Balaban J connectivity index is 1.59. The van der Waals surface area contributed by atoms with Crippen molar-refractivity contribution in [3.63, 3.8) is 0 Å². The van der Waals surface area contributed by atoms with E-state index in [9.17, 15) is 13.2 Å². The van der Waals surface area contributed by atoms with E-state index < -0.39 is 10.0 Å². The fraction of sp³-hybridized carbons (Fsp3) is 0.474. The van der Waals surface area contributed by atoms with Crippen LogP contribution in [-0.4, -0.2) is 43.4 Å². The van der Waals surface area contributed by atoms with Crippen LogP contribution < -0.4 is 5.32 Å². The van der Waals surface area contributed by atoms with Gasteiger partial charge < -0.3 is 9.84 Å². The molecule has 2 heterocycles. The SMILES string of the molecule is Cc1noc(C)c1S(=O)(=O)N1CCC[C@H](C(=O)NCCc2ccc(Cl)cc2)C1. The smallest absolute Gasteiger partial charge is 0.248 e. The standard InChI is InChI=1S/C19H24ClN3O4S/c1-13-18(14(2)27-22-13)28(25,26)23-11-3-4-16(12-23)19(24)21-10-9-15-5-7-17(20)8-6-15/h5-8,16H,3-4,9-12H2,1-2H3,(H,21,24)/t16-/m0/s1. The lowest BCUT2D eigenvalue weighted by Gasteiger charge is -2.31. The number of carbonyl (C=O) groups excluding carboxylic acids is 1. The summed E-state index contributed by atoms with van der Waals surface area (Å²) in [6.07, 6.45) is 2.00. The number of benzene rings is 1. The van der Waals surface area contributed by atoms with E-state index in [1.54, 1.807) is 13.8 Å². The summed E-state index contributed by atoms with van der Waals surface area (Å²) in [5.74, 6) is -0.214. The van der Waals surface area contributed by atoms with Gasteiger partial charge in [0.25, 0.3) is 0 Å². The average molecular weight is 426 g/mol. The highest BCUT2D eigenvalue weighted by Gasteiger charge is 2.36. The fourth-order valence-electron chi connectivity index (χ4n) is 3.47. The van der Waals surface area contributed by atoms with Gasteiger partial charge in [-0.1, -0.05) is 28.9 Å². The third-order valence-electron chi connectivity index (χ3n) is 4.95. The number of rotatable bonds is 6. The van der Waals surface area contributed by atoms with Gasteiger partial charge in [-0.15, -0.1) is 0 Å². The van der Waals surface area contributed by atoms with E-state index in [0.29, 0.717) is 43.1 Å². The number of aryl methyl sites for hydroxylation is 2. The highest BCUT2D eigenvalue weighted by atomic mass is 35.5. The Hall–Kier alpha value is -1.90. The minimum atomic E-state index is -3.73. The van der Waals surface area contributed by atoms with Crippen molar-refractivity contribution >= 4 is 27.5 Å². The predicted molar refractivity (Wildman–Crippen MR) is 106 cm³/mol. The van der Waals surface area contributed by atoms with Gasteiger partial charge in [0.05, 0.1) is 5.92 Å². The average Bonchev–Trinajstić information content (AvgIpc) is 3.02. The number of carbonyl (C=O) groups is 1. The zero-order chi connectivity index (χ0) is 20.3. The minimum absolute atomic E-state index is 0.108. The third-order valence-corrected chi connectivity index (χ3v) is 7.31. The molecule has 1 aromatic carbocycles. The quantitative estimate of drug-likeness (QED) is 0.768. The van der Waals surface area contributed by atoms with E-state index in [2.05, 4.69) is 10.5 Å². The summed E-state index contributed by atoms with van der Waals surface area (Å²) in [4.78, 5) is 12.7. The van der Waals surface area contributed by atoms with Gasteiger partial charge >= 0.3 is 0 Å². The zero-order valence-corrected chi connectivity index (χ0v) is 17.5. The molecular formula is C19H24ClN3O4S. The molecule has 3 rings (SSSR count). The molecule has 1 aliphatic heterocycles. The first kappa shape index (κ1) is 20.8. The number of hydrogen-bond acceptors (Lipinski definition) is 5. The van der Waals surface area contributed by atoms with Gasteiger partial charge in [-0.3, -0.25) is 4.79 Å². The molecule has 7 nitrogen and oxygen atoms in total. The number of amides is 1. The molecule has 1 N–H and O–H groups in total. The van der Waals surface area contributed by atoms with Crippen molar-refractivity contribution in [1.29, 1.82) is 0 Å². The molecule has 1 fully saturated rings. The van der Waals surface area contributed by atoms with Crippen LogP contribution in [0.25, 0.3) is 0 Å². The second kappa shape index (κ2) is 8.63. The van der Waals surface area contributed by atoms with Crippen molar-refractivity contribution in [2.24, 2.45) is 5.92 Å². The van der Waals surface area contributed by atoms with Crippen LogP contribution >= 0.6 is 11.6 Å². The summed E-state index contributed by atoms with van der Waals surface area (Å²) in [7, 11) is -3.73. The second-order valence-corrected chi connectivity index (χ2v) is 9.33. The van der Waals surface area contributed by atoms with E-state index in [1.807, 2.05) is 24.3 Å². The van der Waals surface area contributed by atoms with Crippen LogP contribution in [0.2, 0.25) is 5.02 Å². The molecule has 0 unspecified atom stereocenters. The Morgan fingerprint density at radius 2 is 2.04 bits per heavy atom. The predicted octanol–water partition coefficient (Wildman–Crippen LogP) is 2.70. The first-order chi connectivity index (χ1) is 13.3. The van der Waals surface area contributed by atoms with Gasteiger partial charge in [0.2, 0.25) is 15.9 Å². The molecule has 1 saturated heterocycles. The topological polar surface area (TPSA) is 92.5 Å². The first-order valence-corrected chi connectivity index (χ1v) is 11.1. The maximum atomic E-state index is 13.0. The number of nitrogens with zero attached hydrogens (tertiary/aromatic N) is 2. The maximum absolute atomic E-state index is 13.0. The van der Waals surface area contributed by atoms with Crippen LogP contribution in [0.15, 0.2) is 33.7 Å². The Morgan fingerprint density at radius 1 is 1.32 bits per heavy atom. The highest BCUT2D eigenvalue weighted by Crippen LogP contribution is 2.27. The molecular weight excluding hydrogens is 402 g/mol. The number of nitrogens with one attached hydrogen (secondary N) is 1. The summed E-state index contributed by atoms with van der Waals surface area (Å²) in [6, 6.07) is 7.48. The van der Waals surface area contributed by atoms with Gasteiger partial charge in [0.1, 0.15) is 10.6 Å². The van der Waals surface area contributed by atoms with Crippen LogP contribution in [0.5, 0.6) is 0 Å². The molecule has 1 aliphatic rings. The van der Waals surface area contributed by atoms with Crippen molar-refractivity contribution in [1.82, 2.24) is 14.8 Å². The van der Waals surface area contributed by atoms with Crippen LogP contribution in [-0.2, 0) is 21.2 Å². The molecule has 0 aliphatic carbocycles. The third kappa shape index (κ3) is 4.56. The Kier molecular flexibility index (Phi) is 6.42. The van der Waals surface area contributed by atoms with Gasteiger partial charge in [0, 0.05) is 24.7 Å². The number of halogens is 1. The first-order valence-electron chi connectivity index (χ1n) is 9.24. The van der Waals surface area contributed by atoms with Crippen LogP contribution in [0.1, 0.15) is 29.9 Å². The summed E-state index contributed by atoms with van der Waals surface area (Å²) in [5.41, 5.74) is 1.42. The van der Waals surface area contributed by atoms with E-state index in [-0.39, 0.29) is 29.0 Å². The molecule has 0 bridgehead atoms. The Labute approximate surface area is 170 Å². The molecule has 0 spiro atoms. The lowest BCUT2D eigenvalue weighted by molar-refractivity contribution is -0.126. The molecule has 0 radical (unpaired) electrons. The molecule has 1 atom stereocenters. The van der Waals surface area contributed by atoms with Crippen LogP contribution in [0, 0.1) is 19.8 Å². The zero-order valence-electron chi connectivity index (χ0n) is 15.9. The van der Waals surface area contributed by atoms with E-state index >= 15 is 0 Å². The number of sulfonamides is 1. The van der Waals surface area contributed by atoms with E-state index in [0.717, 1.165) is 5.56 Å². The number of hydrogen-bond donors (Lipinski definition) is 1.